The van der Waals surface area contributed by atoms with Crippen LogP contribution < -0.4 is 5.32 Å². The van der Waals surface area contributed by atoms with Gasteiger partial charge in [-0.05, 0) is 12.5 Å². The van der Waals surface area contributed by atoms with E-state index in [4.69, 9.17) is 4.74 Å². The second-order valence-electron chi connectivity index (χ2n) is 4.65. The molecular formula is C15H17N3O3. The van der Waals surface area contributed by atoms with Gasteiger partial charge in [0, 0.05) is 18.3 Å². The monoisotopic (exact) mass is 287 g/mol. The van der Waals surface area contributed by atoms with Crippen molar-refractivity contribution in [1.82, 2.24) is 15.3 Å². The maximum absolute atomic E-state index is 11.7. The molecule has 0 aliphatic carbocycles. The number of imidazole rings is 1. The third-order valence-corrected chi connectivity index (χ3v) is 2.97. The Morgan fingerprint density at radius 3 is 2.71 bits per heavy atom. The van der Waals surface area contributed by atoms with Crippen molar-refractivity contribution in [3.8, 4) is 0 Å². The minimum atomic E-state index is -0.631. The van der Waals surface area contributed by atoms with Crippen molar-refractivity contribution in [3.63, 3.8) is 0 Å². The molecule has 0 saturated heterocycles. The molecule has 1 amide bonds. The van der Waals surface area contributed by atoms with Crippen molar-refractivity contribution in [1.29, 1.82) is 0 Å². The van der Waals surface area contributed by atoms with Crippen molar-refractivity contribution in [3.05, 3.63) is 54.1 Å². The molecule has 1 atom stereocenters. The third kappa shape index (κ3) is 4.76. The van der Waals surface area contributed by atoms with Gasteiger partial charge >= 0.3 is 6.09 Å². The summed E-state index contributed by atoms with van der Waals surface area (Å²) >= 11 is 0. The number of ketones is 1. The molecular weight excluding hydrogens is 270 g/mol. The summed E-state index contributed by atoms with van der Waals surface area (Å²) in [5.41, 5.74) is 1.67. The number of benzene rings is 1. The van der Waals surface area contributed by atoms with Crippen LogP contribution in [0.4, 0.5) is 4.79 Å². The van der Waals surface area contributed by atoms with E-state index < -0.39 is 12.1 Å². The Morgan fingerprint density at radius 2 is 2.10 bits per heavy atom. The van der Waals surface area contributed by atoms with Gasteiger partial charge in [-0.3, -0.25) is 4.79 Å². The molecule has 0 fully saturated rings. The first-order chi connectivity index (χ1) is 10.1. The van der Waals surface area contributed by atoms with Gasteiger partial charge in [-0.25, -0.2) is 9.78 Å². The van der Waals surface area contributed by atoms with Crippen LogP contribution in [0.3, 0.4) is 0 Å². The lowest BCUT2D eigenvalue weighted by molar-refractivity contribution is -0.118. The van der Waals surface area contributed by atoms with Gasteiger partial charge in [0.15, 0.2) is 5.78 Å². The van der Waals surface area contributed by atoms with Gasteiger partial charge in [-0.15, -0.1) is 0 Å². The first-order valence-electron chi connectivity index (χ1n) is 6.60. The van der Waals surface area contributed by atoms with E-state index in [-0.39, 0.29) is 12.4 Å². The predicted octanol–water partition coefficient (Wildman–Crippen LogP) is 1.84. The van der Waals surface area contributed by atoms with Crippen LogP contribution in [0.25, 0.3) is 0 Å². The van der Waals surface area contributed by atoms with E-state index in [9.17, 15) is 9.59 Å². The molecule has 0 aliphatic rings. The number of hydrogen-bond donors (Lipinski definition) is 2. The van der Waals surface area contributed by atoms with Gasteiger partial charge in [-0.1, -0.05) is 30.3 Å². The van der Waals surface area contributed by atoms with Gasteiger partial charge in [0.2, 0.25) is 0 Å². The average Bonchev–Trinajstić information content (AvgIpc) is 2.98. The van der Waals surface area contributed by atoms with Crippen LogP contribution in [0.5, 0.6) is 0 Å². The molecule has 21 heavy (non-hydrogen) atoms. The van der Waals surface area contributed by atoms with Gasteiger partial charge in [0.25, 0.3) is 0 Å². The highest BCUT2D eigenvalue weighted by atomic mass is 16.5. The Labute approximate surface area is 122 Å². The number of alkyl carbamates (subject to hydrolysis) is 1. The fourth-order valence-corrected chi connectivity index (χ4v) is 1.82. The maximum atomic E-state index is 11.7. The largest absolute Gasteiger partial charge is 0.445 e. The topological polar surface area (TPSA) is 84.1 Å². The molecule has 1 aromatic carbocycles. The fourth-order valence-electron chi connectivity index (χ4n) is 1.82. The number of rotatable bonds is 6. The third-order valence-electron chi connectivity index (χ3n) is 2.97. The van der Waals surface area contributed by atoms with Gasteiger partial charge in [0.05, 0.1) is 12.4 Å². The Morgan fingerprint density at radius 1 is 1.33 bits per heavy atom. The molecule has 110 valence electrons. The summed E-state index contributed by atoms with van der Waals surface area (Å²) in [6.45, 7) is 1.60. The Hall–Kier alpha value is -2.63. The number of nitrogens with one attached hydrogen (secondary N) is 2. The number of nitrogens with zero attached hydrogens (tertiary/aromatic N) is 1. The quantitative estimate of drug-likeness (QED) is 0.849. The summed E-state index contributed by atoms with van der Waals surface area (Å²) < 4.78 is 5.10. The van der Waals surface area contributed by atoms with Crippen molar-refractivity contribution in [2.45, 2.75) is 26.0 Å². The van der Waals surface area contributed by atoms with E-state index in [1.807, 2.05) is 30.3 Å². The number of carbonyl (C=O) groups is 2. The first-order valence-corrected chi connectivity index (χ1v) is 6.60. The minimum absolute atomic E-state index is 0.138. The summed E-state index contributed by atoms with van der Waals surface area (Å²) in [5, 5.41) is 2.57. The number of amides is 1. The lowest BCUT2D eigenvalue weighted by Crippen LogP contribution is -2.41. The minimum Gasteiger partial charge on any atom is -0.445 e. The Balaban J connectivity index is 1.85. The van der Waals surface area contributed by atoms with Crippen LogP contribution in [-0.4, -0.2) is 27.9 Å². The molecule has 2 N–H and O–H groups in total. The molecule has 1 aromatic heterocycles. The molecule has 0 radical (unpaired) electrons. The van der Waals surface area contributed by atoms with Crippen LogP contribution in [0, 0.1) is 0 Å². The van der Waals surface area contributed by atoms with Gasteiger partial charge < -0.3 is 15.0 Å². The summed E-state index contributed by atoms with van der Waals surface area (Å²) in [6, 6.07) is 8.72. The number of H-pyrrole nitrogens is 1. The summed E-state index contributed by atoms with van der Waals surface area (Å²) in [4.78, 5) is 30.1. The fraction of sp³-hybridized carbons (Fsp3) is 0.267. The number of Topliss-reactive ketones (excluding diaryl/α,β-unsaturated/α-hetero) is 1. The lowest BCUT2D eigenvalue weighted by Gasteiger charge is -2.15. The molecule has 2 rings (SSSR count). The van der Waals surface area contributed by atoms with Crippen molar-refractivity contribution >= 4 is 11.9 Å². The Kier molecular flexibility index (Phi) is 5.09. The van der Waals surface area contributed by atoms with Crippen LogP contribution in [0.2, 0.25) is 0 Å². The lowest BCUT2D eigenvalue weighted by atomic mass is 10.1. The van der Waals surface area contributed by atoms with Crippen molar-refractivity contribution in [2.75, 3.05) is 0 Å². The molecule has 0 unspecified atom stereocenters. The van der Waals surface area contributed by atoms with E-state index >= 15 is 0 Å². The van der Waals surface area contributed by atoms with Crippen molar-refractivity contribution < 1.29 is 14.3 Å². The van der Waals surface area contributed by atoms with Gasteiger partial charge in [0.1, 0.15) is 6.61 Å². The smallest absolute Gasteiger partial charge is 0.408 e. The SMILES string of the molecule is CC(=O)[C@H](Cc1cnc[nH]1)NC(=O)OCc1ccccc1. The van der Waals surface area contributed by atoms with Crippen LogP contribution in [-0.2, 0) is 22.6 Å². The molecule has 0 bridgehead atoms. The van der Waals surface area contributed by atoms with Crippen LogP contribution in [0.1, 0.15) is 18.2 Å². The molecule has 6 nitrogen and oxygen atoms in total. The molecule has 1 heterocycles. The molecule has 0 saturated carbocycles. The highest BCUT2D eigenvalue weighted by molar-refractivity contribution is 5.85. The van der Waals surface area contributed by atoms with Crippen LogP contribution >= 0.6 is 0 Å². The molecule has 0 aliphatic heterocycles. The normalized spacial score (nSPS) is 11.7. The predicted molar refractivity (Wildman–Crippen MR) is 76.5 cm³/mol. The van der Waals surface area contributed by atoms with E-state index in [0.717, 1.165) is 11.3 Å². The first kappa shape index (κ1) is 14.8. The van der Waals surface area contributed by atoms with E-state index in [2.05, 4.69) is 15.3 Å². The number of hydrogen-bond acceptors (Lipinski definition) is 4. The standard InChI is InChI=1S/C15H17N3O3/c1-11(19)14(7-13-8-16-10-17-13)18-15(20)21-9-12-5-3-2-4-6-12/h2-6,8,10,14H,7,9H2,1H3,(H,16,17)(H,18,20)/t14-/m0/s1. The zero-order chi connectivity index (χ0) is 15.1. The number of ether oxygens (including phenoxy) is 1. The van der Waals surface area contributed by atoms with Gasteiger partial charge in [-0.2, -0.15) is 0 Å². The average molecular weight is 287 g/mol. The highest BCUT2D eigenvalue weighted by Crippen LogP contribution is 2.03. The molecule has 6 heteroatoms. The van der Waals surface area contributed by atoms with E-state index in [0.29, 0.717) is 6.42 Å². The van der Waals surface area contributed by atoms with Crippen LogP contribution in [0.15, 0.2) is 42.9 Å². The number of aromatic nitrogens is 2. The highest BCUT2D eigenvalue weighted by Gasteiger charge is 2.19. The summed E-state index contributed by atoms with van der Waals surface area (Å²) in [7, 11) is 0. The van der Waals surface area contributed by atoms with E-state index in [1.165, 1.54) is 13.3 Å². The second-order valence-corrected chi connectivity index (χ2v) is 4.65. The summed E-state index contributed by atoms with van der Waals surface area (Å²) in [5.74, 6) is -0.138. The molecule has 2 aromatic rings. The molecule has 0 spiro atoms. The summed E-state index contributed by atoms with van der Waals surface area (Å²) in [6.07, 6.45) is 2.89. The van der Waals surface area contributed by atoms with Crippen molar-refractivity contribution in [2.24, 2.45) is 0 Å². The zero-order valence-corrected chi connectivity index (χ0v) is 11.7. The maximum Gasteiger partial charge on any atom is 0.408 e. The number of aromatic amines is 1. The second kappa shape index (κ2) is 7.23. The van der Waals surface area contributed by atoms with E-state index in [1.54, 1.807) is 6.20 Å². The zero-order valence-electron chi connectivity index (χ0n) is 11.7. The Bertz CT molecular complexity index is 581. The number of carbonyl (C=O) groups excluding carboxylic acids is 2.